The number of carboxylic acids is 1. The van der Waals surface area contributed by atoms with Crippen molar-refractivity contribution in [3.63, 3.8) is 0 Å². The fourth-order valence-corrected chi connectivity index (χ4v) is 3.39. The molecular weight excluding hydrogens is 278 g/mol. The van der Waals surface area contributed by atoms with Gasteiger partial charge in [0.2, 0.25) is 0 Å². The second-order valence-corrected chi connectivity index (χ2v) is 7.39. The fraction of sp³-hybridized carbons (Fsp3) is 0.611. The molecule has 122 valence electrons. The lowest BCUT2D eigenvalue weighted by Crippen LogP contribution is -2.60. The zero-order valence-electron chi connectivity index (χ0n) is 14.0. The van der Waals surface area contributed by atoms with E-state index in [2.05, 4.69) is 27.7 Å². The number of piperidine rings is 1. The van der Waals surface area contributed by atoms with Gasteiger partial charge >= 0.3 is 5.97 Å². The maximum atomic E-state index is 11.6. The third-order valence-corrected chi connectivity index (χ3v) is 4.45. The molecule has 1 N–H and O–H groups in total. The van der Waals surface area contributed by atoms with Gasteiger partial charge in [0.1, 0.15) is 0 Å². The Morgan fingerprint density at radius 3 is 2.23 bits per heavy atom. The van der Waals surface area contributed by atoms with E-state index in [9.17, 15) is 9.90 Å². The average molecular weight is 305 g/mol. The van der Waals surface area contributed by atoms with E-state index >= 15 is 0 Å². The molecular formula is C18H27NO3. The molecule has 0 bridgehead atoms. The third kappa shape index (κ3) is 3.87. The summed E-state index contributed by atoms with van der Waals surface area (Å²) in [7, 11) is 0. The molecule has 1 atom stereocenters. The number of nitrogens with zero attached hydrogens (tertiary/aromatic N) is 1. The molecule has 1 aromatic carbocycles. The van der Waals surface area contributed by atoms with Gasteiger partial charge in [0.25, 0.3) is 0 Å². The average Bonchev–Trinajstić information content (AvgIpc) is 2.42. The third-order valence-electron chi connectivity index (χ3n) is 4.45. The van der Waals surface area contributed by atoms with Crippen molar-refractivity contribution in [3.05, 3.63) is 35.9 Å². The van der Waals surface area contributed by atoms with E-state index in [4.69, 9.17) is 4.84 Å². The Morgan fingerprint density at radius 2 is 1.73 bits per heavy atom. The van der Waals surface area contributed by atoms with Crippen molar-refractivity contribution in [2.45, 2.75) is 70.6 Å². The molecule has 1 heterocycles. The highest BCUT2D eigenvalue weighted by molar-refractivity contribution is 5.72. The topological polar surface area (TPSA) is 49.8 Å². The molecule has 0 aromatic heterocycles. The predicted molar refractivity (Wildman–Crippen MR) is 86.5 cm³/mol. The first-order valence-corrected chi connectivity index (χ1v) is 7.96. The lowest BCUT2D eigenvalue weighted by Gasteiger charge is -2.52. The predicted octanol–water partition coefficient (Wildman–Crippen LogP) is 3.66. The van der Waals surface area contributed by atoms with Gasteiger partial charge in [-0.15, -0.1) is 0 Å². The van der Waals surface area contributed by atoms with Crippen LogP contribution in [-0.2, 0) is 16.1 Å². The molecule has 22 heavy (non-hydrogen) atoms. The molecule has 1 fully saturated rings. The maximum absolute atomic E-state index is 11.6. The summed E-state index contributed by atoms with van der Waals surface area (Å²) in [6.45, 7) is 8.48. The van der Waals surface area contributed by atoms with Crippen molar-refractivity contribution >= 4 is 5.97 Å². The quantitative estimate of drug-likeness (QED) is 0.902. The van der Waals surface area contributed by atoms with Gasteiger partial charge in [-0.1, -0.05) is 30.3 Å². The molecule has 0 amide bonds. The number of hydrogen-bond acceptors (Lipinski definition) is 3. The molecule has 4 heteroatoms. The van der Waals surface area contributed by atoms with Crippen LogP contribution in [0.25, 0.3) is 0 Å². The van der Waals surface area contributed by atoms with Crippen LogP contribution in [0.3, 0.4) is 0 Å². The minimum atomic E-state index is -0.916. The highest BCUT2D eigenvalue weighted by atomic mass is 16.7. The Hall–Kier alpha value is -1.39. The largest absolute Gasteiger partial charge is 0.479 e. The van der Waals surface area contributed by atoms with Crippen molar-refractivity contribution in [3.8, 4) is 0 Å². The monoisotopic (exact) mass is 305 g/mol. The summed E-state index contributed by atoms with van der Waals surface area (Å²) in [6.07, 6.45) is 2.66. The molecule has 0 aliphatic carbocycles. The molecule has 1 aromatic rings. The fourth-order valence-electron chi connectivity index (χ4n) is 3.39. The van der Waals surface area contributed by atoms with E-state index in [1.807, 2.05) is 35.4 Å². The standard InChI is InChI=1S/C18H27NO3/c1-17(2)11-8-12-18(3,4)19(17)22-15(16(20)21)13-14-9-6-5-7-10-14/h5-7,9-10,15H,8,11-13H2,1-4H3,(H,20,21)/t15-/m0/s1. The van der Waals surface area contributed by atoms with Gasteiger partial charge in [-0.2, -0.15) is 5.06 Å². The van der Waals surface area contributed by atoms with Gasteiger partial charge in [-0.3, -0.25) is 4.84 Å². The number of aliphatic carboxylic acids is 1. The second-order valence-electron chi connectivity index (χ2n) is 7.39. The molecule has 0 unspecified atom stereocenters. The van der Waals surface area contributed by atoms with E-state index in [0.717, 1.165) is 24.8 Å². The van der Waals surface area contributed by atoms with Crippen molar-refractivity contribution in [2.24, 2.45) is 0 Å². The van der Waals surface area contributed by atoms with Crippen LogP contribution in [0, 0.1) is 0 Å². The molecule has 4 nitrogen and oxygen atoms in total. The summed E-state index contributed by atoms with van der Waals surface area (Å²) in [5, 5.41) is 11.5. The summed E-state index contributed by atoms with van der Waals surface area (Å²) < 4.78 is 0. The molecule has 1 aliphatic heterocycles. The first kappa shape index (κ1) is 17.0. The highest BCUT2D eigenvalue weighted by Crippen LogP contribution is 2.39. The smallest absolute Gasteiger partial charge is 0.335 e. The summed E-state index contributed by atoms with van der Waals surface area (Å²) in [5.41, 5.74) is 0.653. The van der Waals surface area contributed by atoms with E-state index in [1.165, 1.54) is 0 Å². The molecule has 2 rings (SSSR count). The summed E-state index contributed by atoms with van der Waals surface area (Å²) in [4.78, 5) is 17.7. The van der Waals surface area contributed by atoms with E-state index in [1.54, 1.807) is 0 Å². The maximum Gasteiger partial charge on any atom is 0.335 e. The zero-order valence-corrected chi connectivity index (χ0v) is 14.0. The SMILES string of the molecule is CC1(C)CCCC(C)(C)N1O[C@@H](Cc1ccccc1)C(=O)O. The van der Waals surface area contributed by atoms with Gasteiger partial charge in [-0.05, 0) is 52.5 Å². The van der Waals surface area contributed by atoms with Gasteiger partial charge in [-0.25, -0.2) is 4.79 Å². The van der Waals surface area contributed by atoms with Crippen LogP contribution in [0.2, 0.25) is 0 Å². The van der Waals surface area contributed by atoms with Crippen LogP contribution in [0.4, 0.5) is 0 Å². The normalized spacial score (nSPS) is 22.2. The van der Waals surface area contributed by atoms with Crippen molar-refractivity contribution in [1.29, 1.82) is 0 Å². The minimum absolute atomic E-state index is 0.161. The lowest BCUT2D eigenvalue weighted by atomic mass is 9.82. The van der Waals surface area contributed by atoms with Gasteiger partial charge < -0.3 is 5.11 Å². The minimum Gasteiger partial charge on any atom is -0.479 e. The Morgan fingerprint density at radius 1 is 1.18 bits per heavy atom. The van der Waals surface area contributed by atoms with Crippen LogP contribution in [0.15, 0.2) is 30.3 Å². The number of benzene rings is 1. The zero-order chi connectivity index (χ0) is 16.4. The van der Waals surface area contributed by atoms with Crippen LogP contribution in [0.5, 0.6) is 0 Å². The van der Waals surface area contributed by atoms with E-state index in [-0.39, 0.29) is 11.1 Å². The highest BCUT2D eigenvalue weighted by Gasteiger charge is 2.44. The van der Waals surface area contributed by atoms with E-state index in [0.29, 0.717) is 6.42 Å². The number of rotatable bonds is 5. The van der Waals surface area contributed by atoms with Crippen molar-refractivity contribution < 1.29 is 14.7 Å². The number of carbonyl (C=O) groups is 1. The van der Waals surface area contributed by atoms with Gasteiger partial charge in [0, 0.05) is 17.5 Å². The molecule has 0 spiro atoms. The van der Waals surface area contributed by atoms with Crippen molar-refractivity contribution in [1.82, 2.24) is 5.06 Å². The van der Waals surface area contributed by atoms with Crippen LogP contribution in [-0.4, -0.2) is 33.3 Å². The summed E-state index contributed by atoms with van der Waals surface area (Å²) in [5.74, 6) is -0.916. The number of hydroxylamine groups is 2. The Labute approximate surface area is 133 Å². The van der Waals surface area contributed by atoms with E-state index < -0.39 is 12.1 Å². The first-order valence-electron chi connectivity index (χ1n) is 7.96. The van der Waals surface area contributed by atoms with Crippen LogP contribution >= 0.6 is 0 Å². The Balaban J connectivity index is 2.17. The number of hydrogen-bond donors (Lipinski definition) is 1. The molecule has 0 radical (unpaired) electrons. The van der Waals surface area contributed by atoms with Crippen LogP contribution in [0.1, 0.15) is 52.5 Å². The second kappa shape index (κ2) is 6.39. The molecule has 1 aliphatic rings. The Kier molecular flexibility index (Phi) is 4.93. The van der Waals surface area contributed by atoms with Crippen LogP contribution < -0.4 is 0 Å². The molecule has 0 saturated carbocycles. The lowest BCUT2D eigenvalue weighted by molar-refractivity contribution is -0.301. The molecule has 1 saturated heterocycles. The van der Waals surface area contributed by atoms with Crippen molar-refractivity contribution in [2.75, 3.05) is 0 Å². The number of carboxylic acid groups (broad SMARTS) is 1. The first-order chi connectivity index (χ1) is 10.2. The van der Waals surface area contributed by atoms with Gasteiger partial charge in [0.05, 0.1) is 0 Å². The summed E-state index contributed by atoms with van der Waals surface area (Å²) >= 11 is 0. The Bertz CT molecular complexity index is 494. The van der Waals surface area contributed by atoms with Gasteiger partial charge in [0.15, 0.2) is 6.10 Å². The summed E-state index contributed by atoms with van der Waals surface area (Å²) in [6, 6.07) is 9.64.